The number of anilines is 1. The molecule has 2 heterocycles. The van der Waals surface area contributed by atoms with Gasteiger partial charge in [-0.15, -0.1) is 0 Å². The molecule has 1 aliphatic heterocycles. The second-order valence-electron chi connectivity index (χ2n) is 4.79. The highest BCUT2D eigenvalue weighted by molar-refractivity contribution is 5.94. The maximum Gasteiger partial charge on any atom is 0.419 e. The van der Waals surface area contributed by atoms with Gasteiger partial charge in [0.2, 0.25) is 5.91 Å². The lowest BCUT2D eigenvalue weighted by atomic mass is 10.1. The molecule has 2 aromatic rings. The summed E-state index contributed by atoms with van der Waals surface area (Å²) >= 11 is 0. The lowest BCUT2D eigenvalue weighted by molar-refractivity contribution is -0.119. The van der Waals surface area contributed by atoms with Crippen LogP contribution in [0.25, 0.3) is 11.1 Å². The molecule has 0 saturated carbocycles. The van der Waals surface area contributed by atoms with Gasteiger partial charge in [-0.2, -0.15) is 0 Å². The minimum absolute atomic E-state index is 0.0119. The lowest BCUT2D eigenvalue weighted by Crippen LogP contribution is -2.24. The van der Waals surface area contributed by atoms with Crippen molar-refractivity contribution in [3.63, 3.8) is 0 Å². The quantitative estimate of drug-likeness (QED) is 0.833. The smallest absolute Gasteiger partial charge is 0.408 e. The van der Waals surface area contributed by atoms with Crippen LogP contribution in [0.2, 0.25) is 0 Å². The van der Waals surface area contributed by atoms with Crippen LogP contribution in [-0.4, -0.2) is 23.6 Å². The molecule has 6 heteroatoms. The molecule has 1 amide bonds. The van der Waals surface area contributed by atoms with Crippen LogP contribution in [0.5, 0.6) is 0 Å². The number of hydrogen-bond donors (Lipinski definition) is 2. The molecule has 19 heavy (non-hydrogen) atoms. The van der Waals surface area contributed by atoms with E-state index in [0.29, 0.717) is 16.8 Å². The maximum atomic E-state index is 12.0. The predicted octanol–water partition coefficient (Wildman–Crippen LogP) is 0.679. The summed E-state index contributed by atoms with van der Waals surface area (Å²) in [7, 11) is 1.64. The summed E-state index contributed by atoms with van der Waals surface area (Å²) in [5.41, 5.74) is 1.88. The number of rotatable bonds is 2. The fourth-order valence-corrected chi connectivity index (χ4v) is 2.33. The summed E-state index contributed by atoms with van der Waals surface area (Å²) in [5, 5.41) is 6.04. The fourth-order valence-electron chi connectivity index (χ4n) is 2.33. The van der Waals surface area contributed by atoms with E-state index in [9.17, 15) is 9.59 Å². The van der Waals surface area contributed by atoms with E-state index in [-0.39, 0.29) is 11.8 Å². The number of fused-ring (bicyclic) bond motifs is 1. The Labute approximate surface area is 109 Å². The van der Waals surface area contributed by atoms with Crippen LogP contribution in [-0.2, 0) is 11.8 Å². The Kier molecular flexibility index (Phi) is 2.87. The summed E-state index contributed by atoms with van der Waals surface area (Å²) < 4.78 is 6.46. The van der Waals surface area contributed by atoms with Crippen LogP contribution in [0.4, 0.5) is 5.69 Å². The Morgan fingerprint density at radius 1 is 1.53 bits per heavy atom. The molecule has 0 radical (unpaired) electrons. The van der Waals surface area contributed by atoms with E-state index in [0.717, 1.165) is 19.5 Å². The van der Waals surface area contributed by atoms with Crippen molar-refractivity contribution in [3.05, 3.63) is 28.7 Å². The van der Waals surface area contributed by atoms with Gasteiger partial charge in [0, 0.05) is 19.3 Å². The molecule has 1 aromatic carbocycles. The highest BCUT2D eigenvalue weighted by Crippen LogP contribution is 2.19. The number of aromatic nitrogens is 1. The number of oxazole rings is 1. The first-order chi connectivity index (χ1) is 9.15. The van der Waals surface area contributed by atoms with Crippen molar-refractivity contribution in [2.45, 2.75) is 6.42 Å². The van der Waals surface area contributed by atoms with Crippen molar-refractivity contribution in [3.8, 4) is 0 Å². The van der Waals surface area contributed by atoms with Gasteiger partial charge in [0.05, 0.1) is 11.4 Å². The minimum atomic E-state index is -0.404. The molecule has 2 N–H and O–H groups in total. The topological polar surface area (TPSA) is 76.3 Å². The van der Waals surface area contributed by atoms with E-state index in [1.807, 2.05) is 0 Å². The van der Waals surface area contributed by atoms with E-state index < -0.39 is 5.76 Å². The molecule has 3 rings (SSSR count). The average molecular weight is 261 g/mol. The number of aryl methyl sites for hydroxylation is 1. The van der Waals surface area contributed by atoms with Crippen LogP contribution >= 0.6 is 0 Å². The van der Waals surface area contributed by atoms with E-state index in [2.05, 4.69) is 10.6 Å². The standard InChI is InChI=1S/C13H15N3O3/c1-16-10-6-9(2-3-11(10)19-13(16)18)15-12(17)8-4-5-14-7-8/h2-3,6,8,14H,4-5,7H2,1H3,(H,15,17). The Morgan fingerprint density at radius 3 is 3.11 bits per heavy atom. The summed E-state index contributed by atoms with van der Waals surface area (Å²) in [6.07, 6.45) is 0.859. The monoisotopic (exact) mass is 261 g/mol. The first kappa shape index (κ1) is 12.0. The highest BCUT2D eigenvalue weighted by atomic mass is 16.4. The van der Waals surface area contributed by atoms with Crippen molar-refractivity contribution in [1.82, 2.24) is 9.88 Å². The minimum Gasteiger partial charge on any atom is -0.408 e. The van der Waals surface area contributed by atoms with Gasteiger partial charge in [0.1, 0.15) is 0 Å². The van der Waals surface area contributed by atoms with Crippen molar-refractivity contribution >= 4 is 22.7 Å². The summed E-state index contributed by atoms with van der Waals surface area (Å²) in [6.45, 7) is 1.60. The van der Waals surface area contributed by atoms with E-state index >= 15 is 0 Å². The van der Waals surface area contributed by atoms with Gasteiger partial charge in [-0.1, -0.05) is 0 Å². The van der Waals surface area contributed by atoms with Gasteiger partial charge in [0.15, 0.2) is 5.58 Å². The third-order valence-electron chi connectivity index (χ3n) is 3.49. The molecule has 1 fully saturated rings. The van der Waals surface area contributed by atoms with Crippen molar-refractivity contribution in [1.29, 1.82) is 0 Å². The second kappa shape index (κ2) is 4.55. The molecule has 1 unspecified atom stereocenters. The zero-order valence-electron chi connectivity index (χ0n) is 10.6. The number of hydrogen-bond acceptors (Lipinski definition) is 4. The number of nitrogens with zero attached hydrogens (tertiary/aromatic N) is 1. The van der Waals surface area contributed by atoms with Gasteiger partial charge in [-0.3, -0.25) is 9.36 Å². The van der Waals surface area contributed by atoms with Gasteiger partial charge in [-0.05, 0) is 31.2 Å². The van der Waals surface area contributed by atoms with Crippen LogP contribution < -0.4 is 16.4 Å². The van der Waals surface area contributed by atoms with Crippen LogP contribution in [0.3, 0.4) is 0 Å². The first-order valence-corrected chi connectivity index (χ1v) is 6.26. The van der Waals surface area contributed by atoms with E-state index in [1.54, 1.807) is 25.2 Å². The average Bonchev–Trinajstić information content (AvgIpc) is 3.01. The summed E-state index contributed by atoms with van der Waals surface area (Å²) in [6, 6.07) is 5.19. The summed E-state index contributed by atoms with van der Waals surface area (Å²) in [4.78, 5) is 23.4. The molecule has 0 bridgehead atoms. The molecule has 0 spiro atoms. The molecule has 1 saturated heterocycles. The Hall–Kier alpha value is -2.08. The number of carbonyl (C=O) groups is 1. The second-order valence-corrected chi connectivity index (χ2v) is 4.79. The first-order valence-electron chi connectivity index (χ1n) is 6.26. The van der Waals surface area contributed by atoms with Crippen molar-refractivity contribution in [2.24, 2.45) is 13.0 Å². The predicted molar refractivity (Wildman–Crippen MR) is 71.1 cm³/mol. The van der Waals surface area contributed by atoms with E-state index in [4.69, 9.17) is 4.42 Å². The van der Waals surface area contributed by atoms with Crippen LogP contribution in [0.1, 0.15) is 6.42 Å². The number of nitrogens with one attached hydrogen (secondary N) is 2. The van der Waals surface area contributed by atoms with E-state index in [1.165, 1.54) is 4.57 Å². The Bertz CT molecular complexity index is 680. The van der Waals surface area contributed by atoms with Gasteiger partial charge < -0.3 is 15.1 Å². The molecular formula is C13H15N3O3. The van der Waals surface area contributed by atoms with Gasteiger partial charge in [-0.25, -0.2) is 4.79 Å². The number of benzene rings is 1. The number of amides is 1. The van der Waals surface area contributed by atoms with Crippen molar-refractivity contribution in [2.75, 3.05) is 18.4 Å². The lowest BCUT2D eigenvalue weighted by Gasteiger charge is -2.09. The summed E-state index contributed by atoms with van der Waals surface area (Å²) in [5.74, 6) is -0.375. The maximum absolute atomic E-state index is 12.0. The highest BCUT2D eigenvalue weighted by Gasteiger charge is 2.22. The van der Waals surface area contributed by atoms with Crippen LogP contribution in [0, 0.1) is 5.92 Å². The zero-order chi connectivity index (χ0) is 13.4. The molecule has 1 aromatic heterocycles. The fraction of sp³-hybridized carbons (Fsp3) is 0.385. The van der Waals surface area contributed by atoms with Gasteiger partial charge >= 0.3 is 5.76 Å². The Balaban J connectivity index is 1.86. The molecule has 6 nitrogen and oxygen atoms in total. The zero-order valence-corrected chi connectivity index (χ0v) is 10.6. The molecular weight excluding hydrogens is 246 g/mol. The molecule has 100 valence electrons. The van der Waals surface area contributed by atoms with Gasteiger partial charge in [0.25, 0.3) is 0 Å². The third kappa shape index (κ3) is 2.15. The SMILES string of the molecule is Cn1c(=O)oc2ccc(NC(=O)C3CCNC3)cc21. The van der Waals surface area contributed by atoms with Crippen LogP contribution in [0.15, 0.2) is 27.4 Å². The molecule has 1 atom stereocenters. The molecule has 0 aliphatic carbocycles. The number of carbonyl (C=O) groups excluding carboxylic acids is 1. The largest absolute Gasteiger partial charge is 0.419 e. The Morgan fingerprint density at radius 2 is 2.37 bits per heavy atom. The van der Waals surface area contributed by atoms with Crippen molar-refractivity contribution < 1.29 is 9.21 Å². The normalized spacial score (nSPS) is 18.9. The third-order valence-corrected chi connectivity index (χ3v) is 3.49. The molecule has 1 aliphatic rings.